The third kappa shape index (κ3) is 18.8. The number of aryl methyl sites for hydroxylation is 1. The average molecular weight is 659 g/mol. The predicted octanol–water partition coefficient (Wildman–Crippen LogP) is 1.50. The van der Waals surface area contributed by atoms with Gasteiger partial charge in [0.05, 0.1) is 132 Å². The molecule has 0 bridgehead atoms. The molecule has 1 N–H and O–H groups in total. The topological polar surface area (TPSA) is 119 Å². The van der Waals surface area contributed by atoms with Gasteiger partial charge < -0.3 is 52.5 Å². The number of phenolic OH excluding ortho intramolecular Hbond substituents is 1. The van der Waals surface area contributed by atoms with Gasteiger partial charge in [-0.15, -0.1) is 0 Å². The van der Waals surface area contributed by atoms with Crippen molar-refractivity contribution in [2.24, 2.45) is 0 Å². The van der Waals surface area contributed by atoms with Crippen molar-refractivity contribution >= 4 is 0 Å². The van der Waals surface area contributed by atoms with Crippen molar-refractivity contribution in [2.75, 3.05) is 158 Å². The second kappa shape index (κ2) is 26.5. The van der Waals surface area contributed by atoms with Gasteiger partial charge in [-0.05, 0) is 6.92 Å². The van der Waals surface area contributed by atoms with Crippen LogP contribution in [0.15, 0.2) is 12.1 Å². The van der Waals surface area contributed by atoms with Gasteiger partial charge in [-0.1, -0.05) is 17.7 Å². The molecule has 0 spiro atoms. The maximum absolute atomic E-state index is 11.5. The molecule has 2 saturated heterocycles. The van der Waals surface area contributed by atoms with E-state index in [0.29, 0.717) is 177 Å². The molecule has 0 saturated carbocycles. The van der Waals surface area contributed by atoms with E-state index < -0.39 is 0 Å². The lowest BCUT2D eigenvalue weighted by atomic mass is 10.0. The van der Waals surface area contributed by atoms with Crippen molar-refractivity contribution in [1.82, 2.24) is 9.80 Å². The van der Waals surface area contributed by atoms with Crippen LogP contribution in [0.25, 0.3) is 0 Å². The molecular weight excluding hydrogens is 600 g/mol. The predicted molar refractivity (Wildman–Crippen MR) is 172 cm³/mol. The van der Waals surface area contributed by atoms with Gasteiger partial charge in [-0.25, -0.2) is 0 Å². The normalized spacial score (nSPS) is 22.6. The Morgan fingerprint density at radius 2 is 0.630 bits per heavy atom. The Hall–Kier alpha value is -1.46. The Bertz CT molecular complexity index is 781. The number of hydrogen-bond acceptors (Lipinski definition) is 13. The van der Waals surface area contributed by atoms with Crippen molar-refractivity contribution in [3.63, 3.8) is 0 Å². The number of nitrogens with zero attached hydrogens (tertiary/aromatic N) is 2. The largest absolute Gasteiger partial charge is 0.507 e. The highest BCUT2D eigenvalue weighted by atomic mass is 16.6. The third-order valence-corrected chi connectivity index (χ3v) is 7.38. The molecule has 0 radical (unpaired) electrons. The van der Waals surface area contributed by atoms with Crippen molar-refractivity contribution in [3.8, 4) is 5.75 Å². The van der Waals surface area contributed by atoms with Crippen molar-refractivity contribution < 1.29 is 52.5 Å². The first-order chi connectivity index (χ1) is 22.7. The Labute approximate surface area is 275 Å². The molecule has 3 rings (SSSR count). The van der Waals surface area contributed by atoms with Crippen LogP contribution in [0.4, 0.5) is 0 Å². The molecule has 1 aromatic carbocycles. The molecule has 0 aromatic heterocycles. The van der Waals surface area contributed by atoms with Crippen LogP contribution >= 0.6 is 0 Å². The van der Waals surface area contributed by atoms with Gasteiger partial charge in [0.2, 0.25) is 0 Å². The quantitative estimate of drug-likeness (QED) is 0.504. The van der Waals surface area contributed by atoms with Gasteiger partial charge in [-0.3, -0.25) is 9.80 Å². The molecule has 0 aliphatic carbocycles. The first-order valence-corrected chi connectivity index (χ1v) is 16.8. The van der Waals surface area contributed by atoms with Crippen LogP contribution in [0.5, 0.6) is 5.75 Å². The zero-order chi connectivity index (χ0) is 32.3. The van der Waals surface area contributed by atoms with E-state index in [1.807, 2.05) is 0 Å². The van der Waals surface area contributed by atoms with Crippen LogP contribution in [0.3, 0.4) is 0 Å². The summed E-state index contributed by atoms with van der Waals surface area (Å²) in [5.41, 5.74) is 2.87. The van der Waals surface area contributed by atoms with E-state index in [2.05, 4.69) is 28.9 Å². The van der Waals surface area contributed by atoms with Gasteiger partial charge in [0.1, 0.15) is 5.75 Å². The molecule has 0 unspecified atom stereocenters. The molecule has 266 valence electrons. The maximum Gasteiger partial charge on any atom is 0.124 e. The van der Waals surface area contributed by atoms with E-state index in [1.165, 1.54) is 0 Å². The molecule has 2 fully saturated rings. The van der Waals surface area contributed by atoms with Gasteiger partial charge >= 0.3 is 0 Å². The summed E-state index contributed by atoms with van der Waals surface area (Å²) in [6, 6.07) is 4.12. The molecule has 2 aliphatic heterocycles. The molecule has 2 aliphatic rings. The lowest BCUT2D eigenvalue weighted by Crippen LogP contribution is -2.32. The summed E-state index contributed by atoms with van der Waals surface area (Å²) >= 11 is 0. The minimum Gasteiger partial charge on any atom is -0.507 e. The fraction of sp³-hybridized carbons (Fsp3) is 0.818. The fourth-order valence-corrected chi connectivity index (χ4v) is 4.93. The summed E-state index contributed by atoms with van der Waals surface area (Å²) in [4.78, 5) is 4.51. The summed E-state index contributed by atoms with van der Waals surface area (Å²) in [6.45, 7) is 16.7. The maximum atomic E-state index is 11.5. The lowest BCUT2D eigenvalue weighted by Gasteiger charge is -2.26. The van der Waals surface area contributed by atoms with E-state index in [4.69, 9.17) is 47.4 Å². The van der Waals surface area contributed by atoms with Crippen LogP contribution in [0.1, 0.15) is 16.7 Å². The van der Waals surface area contributed by atoms with Crippen LogP contribution in [-0.4, -0.2) is 173 Å². The highest BCUT2D eigenvalue weighted by molar-refractivity contribution is 5.43. The first-order valence-electron chi connectivity index (χ1n) is 16.8. The SMILES string of the molecule is Cc1cc(CN2CCOCCOCCOCCOCCOCC2)c(O)c(CN2CCOCCOCCOCCOCCOCC2)c1. The highest BCUT2D eigenvalue weighted by Gasteiger charge is 2.16. The Kier molecular flexibility index (Phi) is 22.4. The second-order valence-electron chi connectivity index (χ2n) is 11.1. The Morgan fingerprint density at radius 1 is 0.413 bits per heavy atom. The number of phenols is 1. The van der Waals surface area contributed by atoms with Crippen LogP contribution in [0.2, 0.25) is 0 Å². The molecule has 13 heteroatoms. The minimum atomic E-state index is 0.321. The van der Waals surface area contributed by atoms with Gasteiger partial charge in [0.15, 0.2) is 0 Å². The monoisotopic (exact) mass is 658 g/mol. The number of aromatic hydroxyl groups is 1. The van der Waals surface area contributed by atoms with E-state index in [0.717, 1.165) is 16.7 Å². The molecule has 13 nitrogen and oxygen atoms in total. The Balaban J connectivity index is 1.58. The summed E-state index contributed by atoms with van der Waals surface area (Å²) < 4.78 is 56.7. The standard InChI is InChI=1S/C33H58N2O11/c1-30-26-31(28-34-2-6-37-10-14-41-18-22-45-23-19-42-15-11-38-7-3-34)33(36)32(27-30)29-35-4-8-39-12-16-43-20-24-46-25-21-44-17-13-40-9-5-35/h26-27,36H,2-25,28-29H2,1H3. The molecule has 46 heavy (non-hydrogen) atoms. The van der Waals surface area contributed by atoms with E-state index in [-0.39, 0.29) is 0 Å². The zero-order valence-corrected chi connectivity index (χ0v) is 28.0. The smallest absolute Gasteiger partial charge is 0.124 e. The van der Waals surface area contributed by atoms with Gasteiger partial charge in [0.25, 0.3) is 0 Å². The van der Waals surface area contributed by atoms with Crippen LogP contribution in [-0.2, 0) is 60.5 Å². The summed E-state index contributed by atoms with van der Waals surface area (Å²) in [5.74, 6) is 0.321. The molecule has 0 atom stereocenters. The fourth-order valence-electron chi connectivity index (χ4n) is 4.93. The van der Waals surface area contributed by atoms with Crippen LogP contribution < -0.4 is 0 Å². The Morgan fingerprint density at radius 3 is 0.870 bits per heavy atom. The number of rotatable bonds is 4. The first kappa shape index (κ1) is 39.0. The lowest BCUT2D eigenvalue weighted by molar-refractivity contribution is -0.0191. The minimum absolute atomic E-state index is 0.321. The van der Waals surface area contributed by atoms with Crippen molar-refractivity contribution in [1.29, 1.82) is 0 Å². The number of ether oxygens (including phenoxy) is 10. The average Bonchev–Trinajstić information content (AvgIpc) is 3.04. The number of hydrogen-bond donors (Lipinski definition) is 1. The zero-order valence-electron chi connectivity index (χ0n) is 28.0. The van der Waals surface area contributed by atoms with Gasteiger partial charge in [-0.2, -0.15) is 0 Å². The molecular formula is C33H58N2O11. The van der Waals surface area contributed by atoms with Crippen molar-refractivity contribution in [2.45, 2.75) is 20.0 Å². The second-order valence-corrected chi connectivity index (χ2v) is 11.1. The number of benzene rings is 1. The molecule has 2 heterocycles. The molecule has 1 aromatic rings. The third-order valence-electron chi connectivity index (χ3n) is 7.38. The van der Waals surface area contributed by atoms with Crippen LogP contribution in [0, 0.1) is 6.92 Å². The summed E-state index contributed by atoms with van der Waals surface area (Å²) in [5, 5.41) is 11.5. The van der Waals surface area contributed by atoms with E-state index >= 15 is 0 Å². The summed E-state index contributed by atoms with van der Waals surface area (Å²) in [6.07, 6.45) is 0. The highest BCUT2D eigenvalue weighted by Crippen LogP contribution is 2.27. The van der Waals surface area contributed by atoms with Crippen molar-refractivity contribution in [3.05, 3.63) is 28.8 Å². The summed E-state index contributed by atoms with van der Waals surface area (Å²) in [7, 11) is 0. The molecule has 0 amide bonds. The van der Waals surface area contributed by atoms with Gasteiger partial charge in [0, 0.05) is 50.4 Å². The van der Waals surface area contributed by atoms with E-state index in [9.17, 15) is 5.11 Å². The van der Waals surface area contributed by atoms with E-state index in [1.54, 1.807) is 0 Å².